The highest BCUT2D eigenvalue weighted by molar-refractivity contribution is 7.22. The van der Waals surface area contributed by atoms with Crippen LogP contribution in [0.3, 0.4) is 0 Å². The van der Waals surface area contributed by atoms with E-state index in [4.69, 9.17) is 0 Å². The molecule has 0 fully saturated rings. The summed E-state index contributed by atoms with van der Waals surface area (Å²) in [7, 11) is 4.08. The molecule has 2 aromatic carbocycles. The number of hydrogen-bond acceptors (Lipinski definition) is 5. The third-order valence-corrected chi connectivity index (χ3v) is 5.04. The van der Waals surface area contributed by atoms with Crippen molar-refractivity contribution in [2.24, 2.45) is 0 Å². The molecule has 0 spiro atoms. The maximum Gasteiger partial charge on any atom is 0.188 e. The molecule has 0 saturated heterocycles. The quantitative estimate of drug-likeness (QED) is 0.739. The molecule has 1 atom stereocenters. The second kappa shape index (κ2) is 6.66. The molecule has 0 radical (unpaired) electrons. The number of nitrogens with one attached hydrogen (secondary N) is 1. The van der Waals surface area contributed by atoms with Crippen LogP contribution in [0.5, 0.6) is 0 Å². The standard InChI is InChI=1S/C18H21N3OS/c1-12(21(2)3)15-10-14(9-8-13(15)11-22)19-18-20-16-6-4-5-7-17(16)23-18/h4-10,12,22H,11H2,1-3H3,(H,19,20). The van der Waals surface area contributed by atoms with Gasteiger partial charge in [-0.2, -0.15) is 0 Å². The fourth-order valence-electron chi connectivity index (χ4n) is 2.53. The van der Waals surface area contributed by atoms with Crippen molar-refractivity contribution in [2.45, 2.75) is 19.6 Å². The summed E-state index contributed by atoms with van der Waals surface area (Å²) in [5, 5.41) is 13.8. The van der Waals surface area contributed by atoms with Crippen LogP contribution in [0.1, 0.15) is 24.1 Å². The van der Waals surface area contributed by atoms with Gasteiger partial charge in [-0.3, -0.25) is 0 Å². The molecule has 0 bridgehead atoms. The van der Waals surface area contributed by atoms with Crippen molar-refractivity contribution >= 4 is 32.4 Å². The van der Waals surface area contributed by atoms with E-state index in [0.717, 1.165) is 27.5 Å². The molecule has 4 nitrogen and oxygen atoms in total. The minimum atomic E-state index is 0.0505. The highest BCUT2D eigenvalue weighted by Gasteiger charge is 2.13. The largest absolute Gasteiger partial charge is 0.392 e. The lowest BCUT2D eigenvalue weighted by Gasteiger charge is -2.23. The number of aliphatic hydroxyl groups excluding tert-OH is 1. The van der Waals surface area contributed by atoms with Crippen LogP contribution in [0.25, 0.3) is 10.2 Å². The van der Waals surface area contributed by atoms with Crippen LogP contribution in [0.15, 0.2) is 42.5 Å². The molecule has 1 aromatic heterocycles. The number of aromatic nitrogens is 1. The predicted molar refractivity (Wildman–Crippen MR) is 97.4 cm³/mol. The number of para-hydroxylation sites is 1. The lowest BCUT2D eigenvalue weighted by Crippen LogP contribution is -2.18. The fourth-order valence-corrected chi connectivity index (χ4v) is 3.42. The number of rotatable bonds is 5. The van der Waals surface area contributed by atoms with Crippen LogP contribution in [-0.4, -0.2) is 29.1 Å². The summed E-state index contributed by atoms with van der Waals surface area (Å²) < 4.78 is 1.17. The van der Waals surface area contributed by atoms with Gasteiger partial charge in [-0.15, -0.1) is 0 Å². The van der Waals surface area contributed by atoms with Crippen LogP contribution >= 0.6 is 11.3 Å². The van der Waals surface area contributed by atoms with E-state index in [0.29, 0.717) is 0 Å². The van der Waals surface area contributed by atoms with E-state index in [1.807, 2.05) is 44.4 Å². The van der Waals surface area contributed by atoms with Crippen LogP contribution in [0, 0.1) is 0 Å². The van der Waals surface area contributed by atoms with E-state index in [1.165, 1.54) is 4.70 Å². The number of anilines is 2. The molecule has 0 aliphatic carbocycles. The first kappa shape index (κ1) is 15.9. The summed E-state index contributed by atoms with van der Waals surface area (Å²) in [6.07, 6.45) is 0. The Balaban J connectivity index is 1.92. The molecule has 0 saturated carbocycles. The number of nitrogens with zero attached hydrogens (tertiary/aromatic N) is 2. The zero-order valence-electron chi connectivity index (χ0n) is 13.6. The zero-order chi connectivity index (χ0) is 16.4. The van der Waals surface area contributed by atoms with Gasteiger partial charge >= 0.3 is 0 Å². The monoisotopic (exact) mass is 327 g/mol. The smallest absolute Gasteiger partial charge is 0.188 e. The molecule has 5 heteroatoms. The Bertz CT molecular complexity index is 780. The second-order valence-electron chi connectivity index (χ2n) is 5.82. The molecular weight excluding hydrogens is 306 g/mol. The SMILES string of the molecule is CC(c1cc(Nc2nc3ccccc3s2)ccc1CO)N(C)C. The number of hydrogen-bond donors (Lipinski definition) is 2. The van der Waals surface area contributed by atoms with Crippen LogP contribution in [0.4, 0.5) is 10.8 Å². The van der Waals surface area contributed by atoms with Gasteiger partial charge in [0.15, 0.2) is 5.13 Å². The molecule has 0 amide bonds. The first-order valence-electron chi connectivity index (χ1n) is 7.61. The molecule has 3 aromatic rings. The van der Waals surface area contributed by atoms with Crippen molar-refractivity contribution in [3.63, 3.8) is 0 Å². The summed E-state index contributed by atoms with van der Waals surface area (Å²) >= 11 is 1.64. The maximum atomic E-state index is 9.58. The van der Waals surface area contributed by atoms with E-state index in [2.05, 4.69) is 34.3 Å². The first-order valence-corrected chi connectivity index (χ1v) is 8.43. The Labute approximate surface area is 140 Å². The Morgan fingerprint density at radius 2 is 2.00 bits per heavy atom. The van der Waals surface area contributed by atoms with Gasteiger partial charge in [-0.25, -0.2) is 4.98 Å². The molecular formula is C18H21N3OS. The molecule has 1 unspecified atom stereocenters. The predicted octanol–water partition coefficient (Wildman–Crippen LogP) is 4.15. The van der Waals surface area contributed by atoms with Gasteiger partial charge in [0.25, 0.3) is 0 Å². The van der Waals surface area contributed by atoms with Crippen molar-refractivity contribution in [3.05, 3.63) is 53.6 Å². The van der Waals surface area contributed by atoms with E-state index in [1.54, 1.807) is 11.3 Å². The minimum absolute atomic E-state index is 0.0505. The van der Waals surface area contributed by atoms with Crippen molar-refractivity contribution in [3.8, 4) is 0 Å². The van der Waals surface area contributed by atoms with Crippen molar-refractivity contribution < 1.29 is 5.11 Å². The summed E-state index contributed by atoms with van der Waals surface area (Å²) in [5.41, 5.74) is 4.09. The zero-order valence-corrected chi connectivity index (χ0v) is 14.4. The van der Waals surface area contributed by atoms with E-state index >= 15 is 0 Å². The molecule has 23 heavy (non-hydrogen) atoms. The van der Waals surface area contributed by atoms with Crippen LogP contribution in [0.2, 0.25) is 0 Å². The van der Waals surface area contributed by atoms with E-state index in [-0.39, 0.29) is 12.6 Å². The van der Waals surface area contributed by atoms with E-state index in [9.17, 15) is 5.11 Å². The Morgan fingerprint density at radius 3 is 2.70 bits per heavy atom. The Hall–Kier alpha value is -1.95. The van der Waals surface area contributed by atoms with E-state index < -0.39 is 0 Å². The highest BCUT2D eigenvalue weighted by Crippen LogP contribution is 2.30. The average molecular weight is 327 g/mol. The van der Waals surface area contributed by atoms with Gasteiger partial charge in [0.05, 0.1) is 16.8 Å². The number of fused-ring (bicyclic) bond motifs is 1. The van der Waals surface area contributed by atoms with Gasteiger partial charge in [0.1, 0.15) is 0 Å². The third kappa shape index (κ3) is 3.37. The summed E-state index contributed by atoms with van der Waals surface area (Å²) in [4.78, 5) is 6.74. The summed E-state index contributed by atoms with van der Waals surface area (Å²) in [5.74, 6) is 0. The van der Waals surface area contributed by atoms with Crippen molar-refractivity contribution in [2.75, 3.05) is 19.4 Å². The topological polar surface area (TPSA) is 48.4 Å². The molecule has 120 valence electrons. The highest BCUT2D eigenvalue weighted by atomic mass is 32.1. The van der Waals surface area contributed by atoms with Crippen molar-refractivity contribution in [1.82, 2.24) is 9.88 Å². The van der Waals surface area contributed by atoms with Gasteiger partial charge in [-0.05, 0) is 56.4 Å². The minimum Gasteiger partial charge on any atom is -0.392 e. The first-order chi connectivity index (χ1) is 11.1. The summed E-state index contributed by atoms with van der Waals surface area (Å²) in [6.45, 7) is 2.19. The fraction of sp³-hybridized carbons (Fsp3) is 0.278. The molecule has 0 aliphatic rings. The molecule has 1 heterocycles. The lowest BCUT2D eigenvalue weighted by atomic mass is 10.0. The maximum absolute atomic E-state index is 9.58. The second-order valence-corrected chi connectivity index (χ2v) is 6.85. The third-order valence-electron chi connectivity index (χ3n) is 4.09. The van der Waals surface area contributed by atoms with Crippen LogP contribution in [-0.2, 0) is 6.61 Å². The number of aliphatic hydroxyl groups is 1. The summed E-state index contributed by atoms with van der Waals surface area (Å²) in [6, 6.07) is 14.4. The average Bonchev–Trinajstić information content (AvgIpc) is 2.96. The molecule has 2 N–H and O–H groups in total. The van der Waals surface area contributed by atoms with Gasteiger partial charge in [-0.1, -0.05) is 29.5 Å². The van der Waals surface area contributed by atoms with Crippen molar-refractivity contribution in [1.29, 1.82) is 0 Å². The Kier molecular flexibility index (Phi) is 4.61. The Morgan fingerprint density at radius 1 is 1.22 bits per heavy atom. The number of benzene rings is 2. The van der Waals surface area contributed by atoms with Gasteiger partial charge in [0, 0.05) is 11.7 Å². The lowest BCUT2D eigenvalue weighted by molar-refractivity contribution is 0.271. The van der Waals surface area contributed by atoms with Gasteiger partial charge < -0.3 is 15.3 Å². The number of thiazole rings is 1. The van der Waals surface area contributed by atoms with Gasteiger partial charge in [0.2, 0.25) is 0 Å². The normalized spacial score (nSPS) is 12.7. The molecule has 3 rings (SSSR count). The molecule has 0 aliphatic heterocycles. The van der Waals surface area contributed by atoms with Crippen LogP contribution < -0.4 is 5.32 Å².